The summed E-state index contributed by atoms with van der Waals surface area (Å²) >= 11 is 13.6. The lowest BCUT2D eigenvalue weighted by atomic mass is 10.2. The highest BCUT2D eigenvalue weighted by Crippen LogP contribution is 2.31. The number of anilines is 3. The Labute approximate surface area is 253 Å². The van der Waals surface area contributed by atoms with Gasteiger partial charge >= 0.3 is 0 Å². The molecular weight excluding hydrogens is 625 g/mol. The van der Waals surface area contributed by atoms with Gasteiger partial charge in [-0.3, -0.25) is 13.8 Å². The maximum atomic E-state index is 13.2. The highest BCUT2D eigenvalue weighted by Gasteiger charge is 2.24. The molecule has 0 spiro atoms. The second-order valence-corrected chi connectivity index (χ2v) is 13.8. The van der Waals surface area contributed by atoms with Gasteiger partial charge in [0.05, 0.1) is 31.2 Å². The molecule has 4 aromatic rings. The average Bonchev–Trinajstić information content (AvgIpc) is 2.96. The van der Waals surface area contributed by atoms with Crippen molar-refractivity contribution in [2.45, 2.75) is 21.6 Å². The Morgan fingerprint density at radius 3 is 2.02 bits per heavy atom. The molecule has 4 aromatic carbocycles. The molecule has 2 N–H and O–H groups in total. The molecule has 8 nitrogen and oxygen atoms in total. The van der Waals surface area contributed by atoms with E-state index < -0.39 is 26.0 Å². The van der Waals surface area contributed by atoms with Crippen LogP contribution in [0.5, 0.6) is 0 Å². The predicted molar refractivity (Wildman–Crippen MR) is 167 cm³/mol. The minimum Gasteiger partial charge on any atom is -0.322 e. The third-order valence-electron chi connectivity index (χ3n) is 5.97. The van der Waals surface area contributed by atoms with Crippen LogP contribution in [-0.2, 0) is 20.0 Å². The summed E-state index contributed by atoms with van der Waals surface area (Å²) in [6, 6.07) is 23.0. The van der Waals surface area contributed by atoms with Crippen LogP contribution >= 0.6 is 35.0 Å². The Hall–Kier alpha value is -3.22. The molecule has 0 aliphatic rings. The van der Waals surface area contributed by atoms with E-state index in [-0.39, 0.29) is 32.1 Å². The summed E-state index contributed by atoms with van der Waals surface area (Å²) in [5.74, 6) is -0.449. The SMILES string of the molecule is CCN(c1ccc(C(=O)Nc2ccc(S(=O)(=O)Nc3cccc(Cl)c3Cl)cc2)cc1)S(=O)(=O)c1ccc(SC)cc1. The van der Waals surface area contributed by atoms with Gasteiger partial charge in [-0.25, -0.2) is 16.8 Å². The number of thioether (sulfide) groups is 1. The maximum absolute atomic E-state index is 13.2. The van der Waals surface area contributed by atoms with Crippen molar-refractivity contribution in [2.24, 2.45) is 0 Å². The van der Waals surface area contributed by atoms with Crippen LogP contribution in [0, 0.1) is 0 Å². The monoisotopic (exact) mass is 649 g/mol. The van der Waals surface area contributed by atoms with E-state index in [1.807, 2.05) is 6.26 Å². The maximum Gasteiger partial charge on any atom is 0.264 e. The summed E-state index contributed by atoms with van der Waals surface area (Å²) < 4.78 is 55.7. The number of carbonyl (C=O) groups excluding carboxylic acids is 1. The Bertz CT molecular complexity index is 1760. The molecule has 0 fully saturated rings. The summed E-state index contributed by atoms with van der Waals surface area (Å²) in [4.78, 5) is 13.9. The van der Waals surface area contributed by atoms with E-state index >= 15 is 0 Å². The van der Waals surface area contributed by atoms with Gasteiger partial charge in [-0.1, -0.05) is 29.3 Å². The van der Waals surface area contributed by atoms with E-state index in [9.17, 15) is 21.6 Å². The first-order valence-corrected chi connectivity index (χ1v) is 17.0. The van der Waals surface area contributed by atoms with Gasteiger partial charge in [-0.15, -0.1) is 11.8 Å². The van der Waals surface area contributed by atoms with Gasteiger partial charge < -0.3 is 5.32 Å². The first-order chi connectivity index (χ1) is 19.5. The smallest absolute Gasteiger partial charge is 0.264 e. The van der Waals surface area contributed by atoms with E-state index in [0.717, 1.165) is 4.90 Å². The van der Waals surface area contributed by atoms with Crippen molar-refractivity contribution in [1.29, 1.82) is 0 Å². The minimum absolute atomic E-state index is 0.0418. The van der Waals surface area contributed by atoms with Crippen molar-refractivity contribution in [3.05, 3.63) is 107 Å². The molecule has 1 amide bonds. The average molecular weight is 651 g/mol. The molecule has 0 bridgehead atoms. The van der Waals surface area contributed by atoms with Gasteiger partial charge in [0.15, 0.2) is 0 Å². The number of carbonyl (C=O) groups is 1. The summed E-state index contributed by atoms with van der Waals surface area (Å²) in [7, 11) is -7.76. The third-order valence-corrected chi connectivity index (χ3v) is 10.8. The fourth-order valence-electron chi connectivity index (χ4n) is 3.85. The number of nitrogens with zero attached hydrogens (tertiary/aromatic N) is 1. The lowest BCUT2D eigenvalue weighted by molar-refractivity contribution is 0.102. The number of sulfonamides is 2. The zero-order valence-corrected chi connectivity index (χ0v) is 25.8. The highest BCUT2D eigenvalue weighted by atomic mass is 35.5. The van der Waals surface area contributed by atoms with Gasteiger partial charge in [0, 0.05) is 22.7 Å². The van der Waals surface area contributed by atoms with Gasteiger partial charge in [-0.05, 0) is 98.1 Å². The predicted octanol–water partition coefficient (Wildman–Crippen LogP) is 6.98. The van der Waals surface area contributed by atoms with E-state index in [1.54, 1.807) is 55.5 Å². The number of nitrogens with one attached hydrogen (secondary N) is 2. The van der Waals surface area contributed by atoms with Crippen LogP contribution in [-0.4, -0.2) is 35.5 Å². The van der Waals surface area contributed by atoms with Crippen molar-refractivity contribution >= 4 is 78.0 Å². The standard InChI is InChI=1S/C28H25Cl2N3O5S3/c1-3-33(41(37,38)24-17-13-22(39-2)14-18-24)21-11-7-19(8-12-21)28(34)31-20-9-15-23(16-10-20)40(35,36)32-26-6-4-5-25(29)27(26)30/h4-18,32H,3H2,1-2H3,(H,31,34). The van der Waals surface area contributed by atoms with Crippen LogP contribution in [0.4, 0.5) is 17.1 Å². The van der Waals surface area contributed by atoms with Crippen LogP contribution in [0.2, 0.25) is 10.0 Å². The second kappa shape index (κ2) is 12.7. The van der Waals surface area contributed by atoms with Crippen molar-refractivity contribution < 1.29 is 21.6 Å². The number of hydrogen-bond donors (Lipinski definition) is 2. The third kappa shape index (κ3) is 6.99. The van der Waals surface area contributed by atoms with E-state index in [0.29, 0.717) is 16.9 Å². The molecule has 214 valence electrons. The number of benzene rings is 4. The van der Waals surface area contributed by atoms with Crippen LogP contribution in [0.25, 0.3) is 0 Å². The number of hydrogen-bond acceptors (Lipinski definition) is 6. The topological polar surface area (TPSA) is 113 Å². The van der Waals surface area contributed by atoms with E-state index in [2.05, 4.69) is 10.0 Å². The Morgan fingerprint density at radius 2 is 1.44 bits per heavy atom. The lowest BCUT2D eigenvalue weighted by Gasteiger charge is -2.23. The molecule has 0 aromatic heterocycles. The number of halogens is 2. The lowest BCUT2D eigenvalue weighted by Crippen LogP contribution is -2.30. The van der Waals surface area contributed by atoms with E-state index in [4.69, 9.17) is 23.2 Å². The first kappa shape index (κ1) is 30.7. The van der Waals surface area contributed by atoms with Crippen molar-refractivity contribution in [1.82, 2.24) is 0 Å². The Morgan fingerprint density at radius 1 is 0.829 bits per heavy atom. The van der Waals surface area contributed by atoms with Gasteiger partial charge in [0.1, 0.15) is 0 Å². The van der Waals surface area contributed by atoms with Crippen LogP contribution < -0.4 is 14.3 Å². The largest absolute Gasteiger partial charge is 0.322 e. The van der Waals surface area contributed by atoms with Crippen molar-refractivity contribution in [3.63, 3.8) is 0 Å². The van der Waals surface area contributed by atoms with Crippen molar-refractivity contribution in [3.8, 4) is 0 Å². The zero-order chi connectivity index (χ0) is 29.8. The van der Waals surface area contributed by atoms with Crippen molar-refractivity contribution in [2.75, 3.05) is 27.1 Å². The zero-order valence-electron chi connectivity index (χ0n) is 21.8. The summed E-state index contributed by atoms with van der Waals surface area (Å²) in [6.07, 6.45) is 1.91. The summed E-state index contributed by atoms with van der Waals surface area (Å²) in [5.41, 5.74) is 1.22. The molecule has 0 saturated carbocycles. The molecule has 0 aliphatic carbocycles. The summed E-state index contributed by atoms with van der Waals surface area (Å²) in [6.45, 7) is 1.93. The fourth-order valence-corrected chi connectivity index (χ4v) is 7.21. The molecule has 0 aliphatic heterocycles. The second-order valence-electron chi connectivity index (χ2n) is 8.58. The van der Waals surface area contributed by atoms with Gasteiger partial charge in [0.25, 0.3) is 26.0 Å². The first-order valence-electron chi connectivity index (χ1n) is 12.1. The quantitative estimate of drug-likeness (QED) is 0.179. The molecule has 0 unspecified atom stereocenters. The normalized spacial score (nSPS) is 11.6. The molecule has 13 heteroatoms. The number of amides is 1. The fraction of sp³-hybridized carbons (Fsp3) is 0.107. The van der Waals surface area contributed by atoms with Crippen LogP contribution in [0.1, 0.15) is 17.3 Å². The highest BCUT2D eigenvalue weighted by molar-refractivity contribution is 7.98. The summed E-state index contributed by atoms with van der Waals surface area (Å²) in [5, 5.41) is 3.00. The molecule has 0 atom stereocenters. The molecule has 4 rings (SSSR count). The minimum atomic E-state index is -3.96. The Kier molecular flexibility index (Phi) is 9.55. The number of rotatable bonds is 10. The van der Waals surface area contributed by atoms with Crippen LogP contribution in [0.3, 0.4) is 0 Å². The van der Waals surface area contributed by atoms with Gasteiger partial charge in [0.2, 0.25) is 0 Å². The molecular formula is C28H25Cl2N3O5S3. The molecule has 0 heterocycles. The molecule has 0 radical (unpaired) electrons. The molecule has 0 saturated heterocycles. The Balaban J connectivity index is 1.45. The molecule has 41 heavy (non-hydrogen) atoms. The van der Waals surface area contributed by atoms with Crippen LogP contribution in [0.15, 0.2) is 106 Å². The van der Waals surface area contributed by atoms with Gasteiger partial charge in [-0.2, -0.15) is 0 Å². The van der Waals surface area contributed by atoms with E-state index in [1.165, 1.54) is 58.5 Å².